The summed E-state index contributed by atoms with van der Waals surface area (Å²) in [6, 6.07) is 7.19. The van der Waals surface area contributed by atoms with Gasteiger partial charge in [-0.05, 0) is 45.2 Å². The SMILES string of the molecule is CN1C(CO)C(=O)N(c2ccc(Br)cc2)CC1(C)C. The molecule has 1 fully saturated rings. The molecule has 1 heterocycles. The molecule has 4 nitrogen and oxygen atoms in total. The summed E-state index contributed by atoms with van der Waals surface area (Å²) in [5.41, 5.74) is 0.696. The minimum absolute atomic E-state index is 0.0494. The quantitative estimate of drug-likeness (QED) is 0.902. The fourth-order valence-electron chi connectivity index (χ4n) is 2.38. The molecule has 1 saturated heterocycles. The zero-order valence-electron chi connectivity index (χ0n) is 11.4. The van der Waals surface area contributed by atoms with Crippen LogP contribution in [-0.4, -0.2) is 47.7 Å². The molecular formula is C14H19BrN2O2. The van der Waals surface area contributed by atoms with E-state index in [1.54, 1.807) is 4.90 Å². The lowest BCUT2D eigenvalue weighted by atomic mass is 9.95. The Labute approximate surface area is 122 Å². The van der Waals surface area contributed by atoms with E-state index in [4.69, 9.17) is 0 Å². The molecule has 1 aromatic carbocycles. The molecule has 19 heavy (non-hydrogen) atoms. The summed E-state index contributed by atoms with van der Waals surface area (Å²) in [6.07, 6.45) is 0. The van der Waals surface area contributed by atoms with Crippen LogP contribution in [0.15, 0.2) is 28.7 Å². The molecule has 1 N–H and O–H groups in total. The Morgan fingerprint density at radius 3 is 2.47 bits per heavy atom. The van der Waals surface area contributed by atoms with Crippen LogP contribution in [-0.2, 0) is 4.79 Å². The van der Waals surface area contributed by atoms with Crippen molar-refractivity contribution in [3.8, 4) is 0 Å². The molecule has 1 aromatic rings. The number of aliphatic hydroxyl groups is 1. The zero-order valence-corrected chi connectivity index (χ0v) is 13.0. The average molecular weight is 327 g/mol. The third-order valence-electron chi connectivity index (χ3n) is 3.83. The van der Waals surface area contributed by atoms with Crippen molar-refractivity contribution < 1.29 is 9.90 Å². The maximum absolute atomic E-state index is 12.5. The summed E-state index contributed by atoms with van der Waals surface area (Å²) in [4.78, 5) is 16.2. The molecule has 1 aliphatic heterocycles. The molecule has 0 spiro atoms. The first-order valence-corrected chi connectivity index (χ1v) is 7.07. The molecule has 104 valence electrons. The summed E-state index contributed by atoms with van der Waals surface area (Å²) >= 11 is 3.39. The van der Waals surface area contributed by atoms with Gasteiger partial charge in [-0.1, -0.05) is 15.9 Å². The van der Waals surface area contributed by atoms with Crippen molar-refractivity contribution in [2.45, 2.75) is 25.4 Å². The highest BCUT2D eigenvalue weighted by atomic mass is 79.9. The van der Waals surface area contributed by atoms with Crippen LogP contribution in [0.1, 0.15) is 13.8 Å². The number of aliphatic hydroxyl groups excluding tert-OH is 1. The summed E-state index contributed by atoms with van der Waals surface area (Å²) in [5, 5.41) is 9.48. The molecule has 1 amide bonds. The van der Waals surface area contributed by atoms with E-state index in [9.17, 15) is 9.90 Å². The summed E-state index contributed by atoms with van der Waals surface area (Å²) < 4.78 is 0.982. The lowest BCUT2D eigenvalue weighted by Crippen LogP contribution is -2.66. The van der Waals surface area contributed by atoms with E-state index in [1.807, 2.05) is 36.2 Å². The number of carbonyl (C=O) groups is 1. The van der Waals surface area contributed by atoms with Gasteiger partial charge in [-0.3, -0.25) is 9.69 Å². The van der Waals surface area contributed by atoms with E-state index >= 15 is 0 Å². The molecule has 0 aromatic heterocycles. The second-order valence-corrected chi connectivity index (χ2v) is 6.44. The summed E-state index contributed by atoms with van der Waals surface area (Å²) in [5.74, 6) is -0.0494. The Balaban J connectivity index is 2.35. The summed E-state index contributed by atoms with van der Waals surface area (Å²) in [6.45, 7) is 4.61. The van der Waals surface area contributed by atoms with E-state index in [0.717, 1.165) is 10.2 Å². The van der Waals surface area contributed by atoms with E-state index < -0.39 is 6.04 Å². The van der Waals surface area contributed by atoms with E-state index in [2.05, 4.69) is 29.8 Å². The number of piperazine rings is 1. The number of hydrogen-bond acceptors (Lipinski definition) is 3. The molecule has 1 aliphatic rings. The van der Waals surface area contributed by atoms with Gasteiger partial charge in [0.1, 0.15) is 6.04 Å². The van der Waals surface area contributed by atoms with Crippen LogP contribution in [0.2, 0.25) is 0 Å². The third kappa shape index (κ3) is 2.68. The normalized spacial score (nSPS) is 23.7. The van der Waals surface area contributed by atoms with Gasteiger partial charge in [0, 0.05) is 22.2 Å². The highest BCUT2D eigenvalue weighted by molar-refractivity contribution is 9.10. The van der Waals surface area contributed by atoms with Crippen molar-refractivity contribution in [1.82, 2.24) is 4.90 Å². The summed E-state index contributed by atoms with van der Waals surface area (Å²) in [7, 11) is 1.89. The fourth-order valence-corrected chi connectivity index (χ4v) is 2.65. The van der Waals surface area contributed by atoms with Crippen LogP contribution in [0.25, 0.3) is 0 Å². The van der Waals surface area contributed by atoms with Gasteiger partial charge in [-0.2, -0.15) is 0 Å². The molecule has 0 aliphatic carbocycles. The Morgan fingerprint density at radius 2 is 1.95 bits per heavy atom. The van der Waals surface area contributed by atoms with Crippen molar-refractivity contribution in [3.63, 3.8) is 0 Å². The third-order valence-corrected chi connectivity index (χ3v) is 4.36. The number of halogens is 1. The predicted octanol–water partition coefficient (Wildman–Crippen LogP) is 1.87. The maximum atomic E-state index is 12.5. The number of nitrogens with zero attached hydrogens (tertiary/aromatic N) is 2. The number of amides is 1. The molecule has 1 unspecified atom stereocenters. The van der Waals surface area contributed by atoms with Crippen LogP contribution < -0.4 is 4.90 Å². The van der Waals surface area contributed by atoms with Gasteiger partial charge in [0.15, 0.2) is 0 Å². The average Bonchev–Trinajstić information content (AvgIpc) is 2.36. The zero-order chi connectivity index (χ0) is 14.2. The lowest BCUT2D eigenvalue weighted by Gasteiger charge is -2.48. The van der Waals surface area contributed by atoms with Gasteiger partial charge in [-0.25, -0.2) is 0 Å². The van der Waals surface area contributed by atoms with Crippen molar-refractivity contribution >= 4 is 27.5 Å². The van der Waals surface area contributed by atoms with Crippen molar-refractivity contribution in [2.24, 2.45) is 0 Å². The molecule has 5 heteroatoms. The fraction of sp³-hybridized carbons (Fsp3) is 0.500. The largest absolute Gasteiger partial charge is 0.394 e. The lowest BCUT2D eigenvalue weighted by molar-refractivity contribution is -0.131. The first kappa shape index (κ1) is 14.5. The van der Waals surface area contributed by atoms with Gasteiger partial charge >= 0.3 is 0 Å². The minimum Gasteiger partial charge on any atom is -0.394 e. The van der Waals surface area contributed by atoms with Crippen LogP contribution >= 0.6 is 15.9 Å². The van der Waals surface area contributed by atoms with Gasteiger partial charge in [0.05, 0.1) is 6.61 Å². The Morgan fingerprint density at radius 1 is 1.37 bits per heavy atom. The monoisotopic (exact) mass is 326 g/mol. The first-order valence-electron chi connectivity index (χ1n) is 6.27. The van der Waals surface area contributed by atoms with Crippen LogP contribution in [0.5, 0.6) is 0 Å². The molecule has 2 rings (SSSR count). The highest BCUT2D eigenvalue weighted by Gasteiger charge is 2.43. The smallest absolute Gasteiger partial charge is 0.246 e. The van der Waals surface area contributed by atoms with Crippen LogP contribution in [0, 0.1) is 0 Å². The van der Waals surface area contributed by atoms with Crippen LogP contribution in [0.3, 0.4) is 0 Å². The number of rotatable bonds is 2. The number of anilines is 1. The van der Waals surface area contributed by atoms with E-state index in [-0.39, 0.29) is 18.1 Å². The maximum Gasteiger partial charge on any atom is 0.246 e. The second-order valence-electron chi connectivity index (χ2n) is 5.52. The number of likely N-dealkylation sites (N-methyl/N-ethyl adjacent to an activating group) is 1. The Bertz CT molecular complexity index is 473. The molecular weight excluding hydrogens is 308 g/mol. The van der Waals surface area contributed by atoms with Gasteiger partial charge in [0.2, 0.25) is 5.91 Å². The highest BCUT2D eigenvalue weighted by Crippen LogP contribution is 2.29. The Kier molecular flexibility index (Phi) is 3.99. The topological polar surface area (TPSA) is 43.8 Å². The predicted molar refractivity (Wildman–Crippen MR) is 79.2 cm³/mol. The molecule has 0 radical (unpaired) electrons. The first-order chi connectivity index (χ1) is 8.86. The standard InChI is InChI=1S/C14H19BrN2O2/c1-14(2)9-17(11-6-4-10(15)5-7-11)13(19)12(8-18)16(14)3/h4-7,12,18H,8-9H2,1-3H3. The molecule has 0 saturated carbocycles. The van der Waals surface area contributed by atoms with E-state index in [0.29, 0.717) is 6.54 Å². The van der Waals surface area contributed by atoms with Gasteiger partial charge < -0.3 is 10.0 Å². The minimum atomic E-state index is -0.479. The number of carbonyl (C=O) groups excluding carboxylic acids is 1. The second kappa shape index (κ2) is 5.23. The van der Waals surface area contributed by atoms with Crippen molar-refractivity contribution in [1.29, 1.82) is 0 Å². The number of benzene rings is 1. The van der Waals surface area contributed by atoms with Gasteiger partial charge in [-0.15, -0.1) is 0 Å². The number of hydrogen-bond donors (Lipinski definition) is 1. The van der Waals surface area contributed by atoms with Gasteiger partial charge in [0.25, 0.3) is 0 Å². The van der Waals surface area contributed by atoms with Crippen molar-refractivity contribution in [3.05, 3.63) is 28.7 Å². The molecule has 0 bridgehead atoms. The van der Waals surface area contributed by atoms with Crippen LogP contribution in [0.4, 0.5) is 5.69 Å². The Hall–Kier alpha value is -0.910. The van der Waals surface area contributed by atoms with Crippen molar-refractivity contribution in [2.75, 3.05) is 25.1 Å². The molecule has 1 atom stereocenters. The van der Waals surface area contributed by atoms with E-state index in [1.165, 1.54) is 0 Å².